The van der Waals surface area contributed by atoms with Crippen molar-refractivity contribution in [2.45, 2.75) is 44.7 Å². The number of aliphatic hydroxyl groups excluding tert-OH is 1. The Balaban J connectivity index is 1.28. The van der Waals surface area contributed by atoms with Crippen molar-refractivity contribution in [3.8, 4) is 17.0 Å². The van der Waals surface area contributed by atoms with E-state index in [-0.39, 0.29) is 12.5 Å². The first-order valence-electron chi connectivity index (χ1n) is 14.7. The number of ether oxygens (including phenoxy) is 1. The number of fused-ring (bicyclic) bond motifs is 1. The fraction of sp³-hybridized carbons (Fsp3) is 0.455. The number of benzene rings is 2. The first-order chi connectivity index (χ1) is 19.6. The van der Waals surface area contributed by atoms with Gasteiger partial charge in [-0.2, -0.15) is 0 Å². The van der Waals surface area contributed by atoms with E-state index < -0.39 is 0 Å². The fourth-order valence-electron chi connectivity index (χ4n) is 6.72. The third-order valence-electron chi connectivity index (χ3n) is 9.00. The summed E-state index contributed by atoms with van der Waals surface area (Å²) in [7, 11) is 1.68. The SMILES string of the molecule is COc1ccccc1-c1ccc(C(=O)N2CCc3ccccc3C2)c(N2CCC(N3CCCC(CO)C3)CC2)n1. The van der Waals surface area contributed by atoms with E-state index in [0.717, 1.165) is 81.1 Å². The van der Waals surface area contributed by atoms with Crippen LogP contribution in [-0.4, -0.2) is 78.3 Å². The Bertz CT molecular complexity index is 1340. The lowest BCUT2D eigenvalue weighted by molar-refractivity contribution is 0.0733. The molecule has 3 aliphatic rings. The zero-order chi connectivity index (χ0) is 27.5. The van der Waals surface area contributed by atoms with Crippen LogP contribution in [0.3, 0.4) is 0 Å². The van der Waals surface area contributed by atoms with Crippen LogP contribution in [0.15, 0.2) is 60.7 Å². The average Bonchev–Trinajstić information content (AvgIpc) is 3.04. The van der Waals surface area contributed by atoms with Gasteiger partial charge in [0.2, 0.25) is 0 Å². The van der Waals surface area contributed by atoms with Crippen molar-refractivity contribution in [1.82, 2.24) is 14.8 Å². The number of para-hydroxylation sites is 1. The minimum atomic E-state index is 0.0486. The summed E-state index contributed by atoms with van der Waals surface area (Å²) in [6.45, 7) is 5.44. The zero-order valence-corrected chi connectivity index (χ0v) is 23.5. The summed E-state index contributed by atoms with van der Waals surface area (Å²) in [4.78, 5) is 26.0. The van der Waals surface area contributed by atoms with Crippen molar-refractivity contribution in [3.63, 3.8) is 0 Å². The molecule has 2 aromatic carbocycles. The number of carbonyl (C=O) groups excluding carboxylic acids is 1. The number of rotatable bonds is 6. The van der Waals surface area contributed by atoms with E-state index in [1.165, 1.54) is 11.1 Å². The van der Waals surface area contributed by atoms with Crippen LogP contribution < -0.4 is 9.64 Å². The lowest BCUT2D eigenvalue weighted by atomic mass is 9.94. The van der Waals surface area contributed by atoms with Gasteiger partial charge in [-0.25, -0.2) is 4.98 Å². The Morgan fingerprint density at radius 1 is 0.950 bits per heavy atom. The third-order valence-corrected chi connectivity index (χ3v) is 9.00. The molecular weight excluding hydrogens is 500 g/mol. The Kier molecular flexibility index (Phi) is 8.03. The van der Waals surface area contributed by atoms with Gasteiger partial charge in [-0.1, -0.05) is 36.4 Å². The van der Waals surface area contributed by atoms with Gasteiger partial charge >= 0.3 is 0 Å². The van der Waals surface area contributed by atoms with Gasteiger partial charge in [0, 0.05) is 50.9 Å². The first kappa shape index (κ1) is 26.8. The molecular formula is C33H40N4O3. The number of piperidine rings is 2. The standard InChI is InChI=1S/C33H40N4O3/c1-40-31-11-5-4-10-28(31)30-13-12-29(33(39)37-18-14-25-8-2-3-9-26(25)22-37)32(34-30)35-19-15-27(16-20-35)36-17-6-7-24(21-36)23-38/h2-5,8-13,24,27,38H,6-7,14-23H2,1H3. The average molecular weight is 541 g/mol. The van der Waals surface area contributed by atoms with Crippen LogP contribution in [0.2, 0.25) is 0 Å². The second-order valence-corrected chi connectivity index (χ2v) is 11.4. The summed E-state index contributed by atoms with van der Waals surface area (Å²) >= 11 is 0. The van der Waals surface area contributed by atoms with Crippen LogP contribution in [0, 0.1) is 5.92 Å². The molecule has 1 atom stereocenters. The van der Waals surface area contributed by atoms with E-state index >= 15 is 0 Å². The summed E-state index contributed by atoms with van der Waals surface area (Å²) in [6, 6.07) is 20.8. The van der Waals surface area contributed by atoms with Crippen LogP contribution in [-0.2, 0) is 13.0 Å². The predicted molar refractivity (Wildman–Crippen MR) is 158 cm³/mol. The number of aromatic nitrogens is 1. The molecule has 3 aliphatic heterocycles. The fourth-order valence-corrected chi connectivity index (χ4v) is 6.72. The topological polar surface area (TPSA) is 69.1 Å². The maximum absolute atomic E-state index is 14.0. The van der Waals surface area contributed by atoms with E-state index in [2.05, 4.69) is 34.1 Å². The number of amides is 1. The highest BCUT2D eigenvalue weighted by molar-refractivity contribution is 5.99. The predicted octanol–water partition coefficient (Wildman–Crippen LogP) is 4.63. The quantitative estimate of drug-likeness (QED) is 0.492. The molecule has 3 aromatic rings. The van der Waals surface area contributed by atoms with Gasteiger partial charge in [-0.05, 0) is 80.0 Å². The van der Waals surface area contributed by atoms with Crippen LogP contribution in [0.1, 0.15) is 47.2 Å². The van der Waals surface area contributed by atoms with Crippen LogP contribution in [0.5, 0.6) is 5.75 Å². The lowest BCUT2D eigenvalue weighted by Crippen LogP contribution is -2.49. The number of likely N-dealkylation sites (tertiary alicyclic amines) is 1. The maximum atomic E-state index is 14.0. The van der Waals surface area contributed by atoms with E-state index in [0.29, 0.717) is 30.6 Å². The number of hydrogen-bond donors (Lipinski definition) is 1. The number of anilines is 1. The van der Waals surface area contributed by atoms with E-state index in [4.69, 9.17) is 9.72 Å². The molecule has 4 heterocycles. The lowest BCUT2D eigenvalue weighted by Gasteiger charge is -2.42. The van der Waals surface area contributed by atoms with Crippen molar-refractivity contribution in [2.75, 3.05) is 51.3 Å². The molecule has 0 aliphatic carbocycles. The smallest absolute Gasteiger partial charge is 0.257 e. The van der Waals surface area contributed by atoms with Gasteiger partial charge in [0.1, 0.15) is 11.6 Å². The summed E-state index contributed by atoms with van der Waals surface area (Å²) < 4.78 is 5.64. The molecule has 7 nitrogen and oxygen atoms in total. The highest BCUT2D eigenvalue weighted by atomic mass is 16.5. The maximum Gasteiger partial charge on any atom is 0.257 e. The second kappa shape index (κ2) is 12.0. The van der Waals surface area contributed by atoms with Crippen molar-refractivity contribution < 1.29 is 14.6 Å². The molecule has 210 valence electrons. The number of pyridine rings is 1. The first-order valence-corrected chi connectivity index (χ1v) is 14.7. The number of methoxy groups -OCH3 is 1. The monoisotopic (exact) mass is 540 g/mol. The van der Waals surface area contributed by atoms with Crippen molar-refractivity contribution in [3.05, 3.63) is 77.4 Å². The van der Waals surface area contributed by atoms with E-state index in [1.807, 2.05) is 41.3 Å². The van der Waals surface area contributed by atoms with Crippen LogP contribution >= 0.6 is 0 Å². The van der Waals surface area contributed by atoms with Crippen molar-refractivity contribution in [2.24, 2.45) is 5.92 Å². The van der Waals surface area contributed by atoms with Gasteiger partial charge in [0.15, 0.2) is 0 Å². The number of hydrogen-bond acceptors (Lipinski definition) is 6. The molecule has 1 amide bonds. The molecule has 1 unspecified atom stereocenters. The summed E-state index contributed by atoms with van der Waals surface area (Å²) in [5.74, 6) is 1.99. The number of aliphatic hydroxyl groups is 1. The molecule has 7 heteroatoms. The Morgan fingerprint density at radius 2 is 1.73 bits per heavy atom. The minimum absolute atomic E-state index is 0.0486. The number of nitrogens with zero attached hydrogens (tertiary/aromatic N) is 4. The van der Waals surface area contributed by atoms with Gasteiger partial charge < -0.3 is 19.6 Å². The third kappa shape index (κ3) is 5.45. The van der Waals surface area contributed by atoms with Gasteiger partial charge in [-0.15, -0.1) is 0 Å². The highest BCUT2D eigenvalue weighted by Gasteiger charge is 2.32. The normalized spacial score (nSPS) is 20.3. The molecule has 1 aromatic heterocycles. The number of carbonyl (C=O) groups is 1. The second-order valence-electron chi connectivity index (χ2n) is 11.4. The molecule has 2 saturated heterocycles. The minimum Gasteiger partial charge on any atom is -0.496 e. The van der Waals surface area contributed by atoms with Gasteiger partial charge in [0.05, 0.1) is 18.4 Å². The molecule has 0 radical (unpaired) electrons. The van der Waals surface area contributed by atoms with E-state index in [9.17, 15) is 9.90 Å². The van der Waals surface area contributed by atoms with E-state index in [1.54, 1.807) is 7.11 Å². The van der Waals surface area contributed by atoms with Crippen LogP contribution in [0.25, 0.3) is 11.3 Å². The summed E-state index contributed by atoms with van der Waals surface area (Å²) in [6.07, 6.45) is 5.22. The van der Waals surface area contributed by atoms with Crippen molar-refractivity contribution in [1.29, 1.82) is 0 Å². The molecule has 0 bridgehead atoms. The summed E-state index contributed by atoms with van der Waals surface area (Å²) in [5, 5.41) is 9.71. The molecule has 1 N–H and O–H groups in total. The molecule has 0 saturated carbocycles. The largest absolute Gasteiger partial charge is 0.496 e. The molecule has 0 spiro atoms. The van der Waals surface area contributed by atoms with Gasteiger partial charge in [0.25, 0.3) is 5.91 Å². The Hall–Kier alpha value is -3.42. The van der Waals surface area contributed by atoms with Crippen LogP contribution in [0.4, 0.5) is 5.82 Å². The Labute approximate surface area is 237 Å². The Morgan fingerprint density at radius 3 is 2.52 bits per heavy atom. The molecule has 6 rings (SSSR count). The molecule has 40 heavy (non-hydrogen) atoms. The summed E-state index contributed by atoms with van der Waals surface area (Å²) in [5.41, 5.74) is 4.98. The highest BCUT2D eigenvalue weighted by Crippen LogP contribution is 2.34. The van der Waals surface area contributed by atoms with Crippen molar-refractivity contribution >= 4 is 11.7 Å². The zero-order valence-electron chi connectivity index (χ0n) is 23.5. The van der Waals surface area contributed by atoms with Gasteiger partial charge in [-0.3, -0.25) is 9.69 Å². The molecule has 2 fully saturated rings.